The van der Waals surface area contributed by atoms with Gasteiger partial charge >= 0.3 is 6.85 Å². The Morgan fingerprint density at radius 2 is 1.19 bits per heavy atom. The van der Waals surface area contributed by atoms with Crippen LogP contribution in [0.15, 0.2) is 114 Å². The molecule has 2 aliphatic rings. The van der Waals surface area contributed by atoms with Crippen LogP contribution in [0.5, 0.6) is 0 Å². The van der Waals surface area contributed by atoms with Crippen molar-refractivity contribution in [3.63, 3.8) is 0 Å². The highest BCUT2D eigenvalue weighted by Crippen LogP contribution is 2.50. The summed E-state index contributed by atoms with van der Waals surface area (Å²) in [5, 5.41) is 4.92. The monoisotopic (exact) mass is 676 g/mol. The van der Waals surface area contributed by atoms with Crippen LogP contribution in [0.2, 0.25) is 0 Å². The molecule has 0 N–H and O–H groups in total. The van der Waals surface area contributed by atoms with Crippen LogP contribution in [0.1, 0.15) is 79.0 Å². The van der Waals surface area contributed by atoms with E-state index in [0.29, 0.717) is 0 Å². The van der Waals surface area contributed by atoms with Gasteiger partial charge in [-0.3, -0.25) is 0 Å². The third-order valence-corrected chi connectivity index (χ3v) is 11.8. The quantitative estimate of drug-likeness (QED) is 0.161. The number of nitrogens with zero attached hydrogens (tertiary/aromatic N) is 2. The molecule has 256 valence electrons. The highest BCUT2D eigenvalue weighted by atomic mass is 16.3. The molecular formula is C48H45BN2O. The van der Waals surface area contributed by atoms with Crippen LogP contribution in [0.4, 0.5) is 17.1 Å². The van der Waals surface area contributed by atoms with E-state index in [1.54, 1.807) is 0 Å². The van der Waals surface area contributed by atoms with E-state index >= 15 is 0 Å². The van der Waals surface area contributed by atoms with Crippen molar-refractivity contribution in [3.05, 3.63) is 126 Å². The van der Waals surface area contributed by atoms with Gasteiger partial charge in [0.15, 0.2) is 5.58 Å². The van der Waals surface area contributed by atoms with Crippen molar-refractivity contribution in [2.45, 2.75) is 78.6 Å². The van der Waals surface area contributed by atoms with E-state index in [4.69, 9.17) is 4.42 Å². The SMILES string of the molecule is CC(C)(C)c1cc(N2c3ccc(C(C)(C)C)cc3B3c4c(cc5c(oc6ccccc65)c42)-c2cccc4c5ccccc5n3c24)cc(C(C)(C)C)c1. The van der Waals surface area contributed by atoms with E-state index in [1.807, 2.05) is 0 Å². The minimum Gasteiger partial charge on any atom is -0.454 e. The van der Waals surface area contributed by atoms with Crippen molar-refractivity contribution in [3.8, 4) is 11.1 Å². The van der Waals surface area contributed by atoms with Gasteiger partial charge in [0, 0.05) is 49.5 Å². The van der Waals surface area contributed by atoms with E-state index in [9.17, 15) is 0 Å². The molecule has 52 heavy (non-hydrogen) atoms. The lowest BCUT2D eigenvalue weighted by Crippen LogP contribution is -2.57. The number of anilines is 3. The fraction of sp³-hybridized carbons (Fsp3) is 0.250. The molecule has 0 atom stereocenters. The predicted octanol–water partition coefficient (Wildman–Crippen LogP) is 12.0. The maximum absolute atomic E-state index is 7.04. The fourth-order valence-electron chi connectivity index (χ4n) is 8.98. The summed E-state index contributed by atoms with van der Waals surface area (Å²) < 4.78 is 9.69. The van der Waals surface area contributed by atoms with E-state index in [-0.39, 0.29) is 23.1 Å². The summed E-state index contributed by atoms with van der Waals surface area (Å²) in [6.45, 7) is 20.9. The maximum atomic E-state index is 7.04. The largest absolute Gasteiger partial charge is 0.454 e. The van der Waals surface area contributed by atoms with Gasteiger partial charge in [-0.2, -0.15) is 0 Å². The van der Waals surface area contributed by atoms with Gasteiger partial charge in [-0.15, -0.1) is 0 Å². The Balaban J connectivity index is 1.44. The first-order chi connectivity index (χ1) is 24.7. The van der Waals surface area contributed by atoms with E-state index < -0.39 is 0 Å². The zero-order chi connectivity index (χ0) is 36.1. The molecule has 0 bridgehead atoms. The minimum absolute atomic E-state index is 0.0160. The van der Waals surface area contributed by atoms with Gasteiger partial charge < -0.3 is 13.8 Å². The lowest BCUT2D eigenvalue weighted by atomic mass is 9.44. The molecule has 0 radical (unpaired) electrons. The average Bonchev–Trinajstić information content (AvgIpc) is 3.65. The van der Waals surface area contributed by atoms with Gasteiger partial charge in [0.1, 0.15) is 5.58 Å². The Morgan fingerprint density at radius 1 is 0.538 bits per heavy atom. The van der Waals surface area contributed by atoms with E-state index in [0.717, 1.165) is 27.6 Å². The summed E-state index contributed by atoms with van der Waals surface area (Å²) in [6, 6.07) is 41.4. The van der Waals surface area contributed by atoms with Crippen LogP contribution >= 0.6 is 0 Å². The van der Waals surface area contributed by atoms with Crippen LogP contribution in [-0.2, 0) is 16.2 Å². The standard InChI is InChI=1S/C48H45BN2O/c1-46(2,3)28-21-22-40-38(26-28)49-42-36(35-18-14-17-34-32-15-10-12-19-39(32)51(49)43(34)35)27-37-33-16-11-13-20-41(33)52-45(37)44(42)50(40)31-24-29(47(4,5)6)23-30(25-31)48(7,8)9/h10-27H,1-9H3. The van der Waals surface area contributed by atoms with Crippen molar-refractivity contribution in [1.82, 2.24) is 4.48 Å². The van der Waals surface area contributed by atoms with Crippen molar-refractivity contribution < 1.29 is 4.42 Å². The predicted molar refractivity (Wildman–Crippen MR) is 223 cm³/mol. The van der Waals surface area contributed by atoms with Gasteiger partial charge in [-0.1, -0.05) is 135 Å². The van der Waals surface area contributed by atoms with E-state index in [1.165, 1.54) is 71.9 Å². The second-order valence-electron chi connectivity index (χ2n) is 18.3. The molecule has 10 rings (SSSR count). The van der Waals surface area contributed by atoms with Crippen molar-refractivity contribution in [2.75, 3.05) is 4.90 Å². The Morgan fingerprint density at radius 3 is 1.90 bits per heavy atom. The van der Waals surface area contributed by atoms with Crippen LogP contribution in [0.3, 0.4) is 0 Å². The number of rotatable bonds is 1. The number of hydrogen-bond acceptors (Lipinski definition) is 2. The molecule has 2 aliphatic heterocycles. The summed E-state index contributed by atoms with van der Waals surface area (Å²) in [7, 11) is 0. The van der Waals surface area contributed by atoms with Gasteiger partial charge in [0.2, 0.25) is 0 Å². The Bertz CT molecular complexity index is 2780. The third-order valence-electron chi connectivity index (χ3n) is 11.8. The number of benzene rings is 6. The van der Waals surface area contributed by atoms with Gasteiger partial charge in [0.05, 0.1) is 5.69 Å². The minimum atomic E-state index is -0.0404. The molecule has 0 unspecified atom stereocenters. The number of aromatic nitrogens is 1. The number of para-hydroxylation sites is 3. The molecule has 0 amide bonds. The molecule has 0 spiro atoms. The molecule has 6 aromatic carbocycles. The zero-order valence-electron chi connectivity index (χ0n) is 31.8. The van der Waals surface area contributed by atoms with Crippen LogP contribution in [-0.4, -0.2) is 11.3 Å². The normalized spacial score (nSPS) is 14.2. The lowest BCUT2D eigenvalue weighted by Gasteiger charge is -2.41. The second kappa shape index (κ2) is 10.2. The first kappa shape index (κ1) is 31.5. The molecule has 3 nitrogen and oxygen atoms in total. The third kappa shape index (κ3) is 4.27. The topological polar surface area (TPSA) is 21.3 Å². The van der Waals surface area contributed by atoms with Crippen LogP contribution in [0, 0.1) is 0 Å². The molecular weight excluding hydrogens is 631 g/mol. The summed E-state index contributed by atoms with van der Waals surface area (Å²) in [5.41, 5.74) is 17.1. The molecule has 0 saturated carbocycles. The molecule has 0 saturated heterocycles. The summed E-state index contributed by atoms with van der Waals surface area (Å²) in [6.07, 6.45) is 0. The summed E-state index contributed by atoms with van der Waals surface area (Å²) in [4.78, 5) is 2.56. The van der Waals surface area contributed by atoms with Crippen LogP contribution < -0.4 is 15.8 Å². The zero-order valence-corrected chi connectivity index (χ0v) is 31.8. The Labute approximate surface area is 307 Å². The number of fused-ring (bicyclic) bond motifs is 11. The average molecular weight is 677 g/mol. The number of furan rings is 1. The van der Waals surface area contributed by atoms with Crippen molar-refractivity contribution in [2.24, 2.45) is 0 Å². The first-order valence-corrected chi connectivity index (χ1v) is 18.8. The molecule has 2 aromatic heterocycles. The molecule has 4 heterocycles. The molecule has 0 aliphatic carbocycles. The lowest BCUT2D eigenvalue weighted by molar-refractivity contribution is 0.568. The van der Waals surface area contributed by atoms with E-state index in [2.05, 4.69) is 181 Å². The van der Waals surface area contributed by atoms with Gasteiger partial charge in [-0.05, 0) is 85.8 Å². The first-order valence-electron chi connectivity index (χ1n) is 18.8. The highest BCUT2D eigenvalue weighted by molar-refractivity contribution is 6.90. The Hall–Kier alpha value is -5.22. The van der Waals surface area contributed by atoms with Crippen LogP contribution in [0.25, 0.3) is 54.9 Å². The van der Waals surface area contributed by atoms with Crippen molar-refractivity contribution >= 4 is 78.6 Å². The molecule has 8 aromatic rings. The van der Waals surface area contributed by atoms with Gasteiger partial charge in [0.25, 0.3) is 0 Å². The number of hydrogen-bond donors (Lipinski definition) is 0. The van der Waals surface area contributed by atoms with Crippen molar-refractivity contribution in [1.29, 1.82) is 0 Å². The summed E-state index contributed by atoms with van der Waals surface area (Å²) >= 11 is 0. The van der Waals surface area contributed by atoms with Gasteiger partial charge in [-0.25, -0.2) is 0 Å². The summed E-state index contributed by atoms with van der Waals surface area (Å²) in [5.74, 6) is 0. The molecule has 0 fully saturated rings. The maximum Gasteiger partial charge on any atom is 0.333 e. The molecule has 4 heteroatoms. The fourth-order valence-corrected chi connectivity index (χ4v) is 8.98. The highest BCUT2D eigenvalue weighted by Gasteiger charge is 2.45. The second-order valence-corrected chi connectivity index (χ2v) is 18.3. The Kier molecular flexibility index (Phi) is 6.19. The smallest absolute Gasteiger partial charge is 0.333 e.